The Bertz CT molecular complexity index is 987. The van der Waals surface area contributed by atoms with E-state index < -0.39 is 0 Å². The zero-order chi connectivity index (χ0) is 19.7. The molecule has 0 heterocycles. The van der Waals surface area contributed by atoms with Crippen molar-refractivity contribution in [3.05, 3.63) is 94.1 Å². The lowest BCUT2D eigenvalue weighted by Crippen LogP contribution is -2.11. The van der Waals surface area contributed by atoms with Gasteiger partial charge in [-0.3, -0.25) is 4.79 Å². The summed E-state index contributed by atoms with van der Waals surface area (Å²) in [5, 5.41) is 9.60. The van der Waals surface area contributed by atoms with Gasteiger partial charge in [-0.25, -0.2) is 0 Å². The third kappa shape index (κ3) is 3.60. The van der Waals surface area contributed by atoms with E-state index in [1.165, 1.54) is 33.4 Å². The van der Waals surface area contributed by atoms with Crippen molar-refractivity contribution in [1.29, 1.82) is 0 Å². The van der Waals surface area contributed by atoms with E-state index in [4.69, 9.17) is 0 Å². The molecule has 2 aromatic carbocycles. The third-order valence-corrected chi connectivity index (χ3v) is 5.79. The zero-order valence-corrected chi connectivity index (χ0v) is 16.5. The van der Waals surface area contributed by atoms with Crippen molar-refractivity contribution < 1.29 is 9.90 Å². The van der Waals surface area contributed by atoms with Crippen LogP contribution in [-0.4, -0.2) is 10.9 Å². The lowest BCUT2D eigenvalue weighted by molar-refractivity contribution is -0.121. The first-order chi connectivity index (χ1) is 13.5. The molecule has 0 fully saturated rings. The molecular formula is C26H26O2. The van der Waals surface area contributed by atoms with Gasteiger partial charge in [-0.15, -0.1) is 0 Å². The SMILES string of the molecule is CC(C)C(=O)CC1=CCC=C1C1=Cc2ccccc2C1Cc1ccc(O)cc1. The second kappa shape index (κ2) is 7.63. The van der Waals surface area contributed by atoms with Gasteiger partial charge >= 0.3 is 0 Å². The predicted molar refractivity (Wildman–Crippen MR) is 114 cm³/mol. The second-order valence-electron chi connectivity index (χ2n) is 8.03. The van der Waals surface area contributed by atoms with Crippen LogP contribution in [0.2, 0.25) is 0 Å². The highest BCUT2D eigenvalue weighted by Crippen LogP contribution is 2.45. The first kappa shape index (κ1) is 18.5. The maximum absolute atomic E-state index is 12.4. The highest BCUT2D eigenvalue weighted by atomic mass is 16.3. The lowest BCUT2D eigenvalue weighted by atomic mass is 9.83. The maximum Gasteiger partial charge on any atom is 0.139 e. The van der Waals surface area contributed by atoms with Crippen LogP contribution in [0.1, 0.15) is 49.3 Å². The van der Waals surface area contributed by atoms with E-state index in [1.807, 2.05) is 26.0 Å². The van der Waals surface area contributed by atoms with Gasteiger partial charge < -0.3 is 5.11 Å². The normalized spacial score (nSPS) is 18.0. The third-order valence-electron chi connectivity index (χ3n) is 5.79. The number of phenols is 1. The summed E-state index contributed by atoms with van der Waals surface area (Å²) in [5.41, 5.74) is 7.54. The summed E-state index contributed by atoms with van der Waals surface area (Å²) in [5.74, 6) is 0.917. The molecule has 0 radical (unpaired) electrons. The Hall–Kier alpha value is -2.87. The number of aromatic hydroxyl groups is 1. The van der Waals surface area contributed by atoms with E-state index in [9.17, 15) is 9.90 Å². The number of ketones is 1. The largest absolute Gasteiger partial charge is 0.508 e. The molecule has 0 saturated carbocycles. The molecule has 2 heteroatoms. The number of carbonyl (C=O) groups is 1. The molecule has 2 aliphatic carbocycles. The van der Waals surface area contributed by atoms with Crippen molar-refractivity contribution in [3.63, 3.8) is 0 Å². The molecule has 0 saturated heterocycles. The van der Waals surface area contributed by atoms with Gasteiger partial charge in [0.2, 0.25) is 0 Å². The highest BCUT2D eigenvalue weighted by molar-refractivity contribution is 5.85. The van der Waals surface area contributed by atoms with Gasteiger partial charge in [0.05, 0.1) is 0 Å². The minimum Gasteiger partial charge on any atom is -0.508 e. The first-order valence-corrected chi connectivity index (χ1v) is 10.0. The smallest absolute Gasteiger partial charge is 0.139 e. The second-order valence-corrected chi connectivity index (χ2v) is 8.03. The molecule has 0 amide bonds. The van der Waals surface area contributed by atoms with Crippen molar-refractivity contribution in [3.8, 4) is 5.75 Å². The Morgan fingerprint density at radius 2 is 1.82 bits per heavy atom. The number of hydrogen-bond acceptors (Lipinski definition) is 2. The van der Waals surface area contributed by atoms with Crippen LogP contribution >= 0.6 is 0 Å². The molecule has 4 rings (SSSR count). The van der Waals surface area contributed by atoms with Gasteiger partial charge in [0, 0.05) is 18.3 Å². The average molecular weight is 370 g/mol. The summed E-state index contributed by atoms with van der Waals surface area (Å²) < 4.78 is 0. The Balaban J connectivity index is 1.66. The van der Waals surface area contributed by atoms with Gasteiger partial charge in [-0.2, -0.15) is 0 Å². The number of phenolic OH excluding ortho intramolecular Hbond substituents is 1. The van der Waals surface area contributed by atoms with Crippen LogP contribution in [0.25, 0.3) is 6.08 Å². The molecule has 2 nitrogen and oxygen atoms in total. The van der Waals surface area contributed by atoms with Crippen LogP contribution in [0.3, 0.4) is 0 Å². The summed E-state index contributed by atoms with van der Waals surface area (Å²) in [6, 6.07) is 16.1. The van der Waals surface area contributed by atoms with Gasteiger partial charge in [0.25, 0.3) is 0 Å². The topological polar surface area (TPSA) is 37.3 Å². The van der Waals surface area contributed by atoms with Gasteiger partial charge in [-0.05, 0) is 58.4 Å². The molecule has 1 unspecified atom stereocenters. The average Bonchev–Trinajstić information content (AvgIpc) is 3.28. The van der Waals surface area contributed by atoms with E-state index in [2.05, 4.69) is 42.5 Å². The summed E-state index contributed by atoms with van der Waals surface area (Å²) in [6.07, 6.45) is 9.07. The molecule has 1 atom stereocenters. The fourth-order valence-corrected chi connectivity index (χ4v) is 4.17. The number of rotatable bonds is 6. The van der Waals surface area contributed by atoms with Crippen molar-refractivity contribution in [2.45, 2.75) is 39.0 Å². The van der Waals surface area contributed by atoms with Gasteiger partial charge in [0.1, 0.15) is 11.5 Å². The summed E-state index contributed by atoms with van der Waals surface area (Å²) in [7, 11) is 0. The molecule has 1 N–H and O–H groups in total. The molecule has 0 spiro atoms. The molecule has 28 heavy (non-hydrogen) atoms. The number of carbonyl (C=O) groups excluding carboxylic acids is 1. The number of hydrogen-bond donors (Lipinski definition) is 1. The predicted octanol–water partition coefficient (Wildman–Crippen LogP) is 5.99. The van der Waals surface area contributed by atoms with Crippen molar-refractivity contribution in [2.75, 3.05) is 0 Å². The standard InChI is InChI=1S/C26H26O2/c1-17(2)26(28)16-20-7-5-9-23(20)25-15-19-6-3-4-8-22(19)24(25)14-18-10-12-21(27)13-11-18/h3-4,6-13,15,17,24,27H,5,14,16H2,1-2H3. The minimum absolute atomic E-state index is 0.0605. The Morgan fingerprint density at radius 3 is 2.57 bits per heavy atom. The number of allylic oxidation sites excluding steroid dienone is 5. The van der Waals surface area contributed by atoms with E-state index in [-0.39, 0.29) is 11.8 Å². The quantitative estimate of drug-likeness (QED) is 0.678. The summed E-state index contributed by atoms with van der Waals surface area (Å²) in [4.78, 5) is 12.4. The Kier molecular flexibility index (Phi) is 5.04. The lowest BCUT2D eigenvalue weighted by Gasteiger charge is -2.20. The Labute approximate surface area is 166 Å². The van der Waals surface area contributed by atoms with E-state index in [1.54, 1.807) is 12.1 Å². The van der Waals surface area contributed by atoms with E-state index in [0.29, 0.717) is 18.0 Å². The summed E-state index contributed by atoms with van der Waals surface area (Å²) in [6.45, 7) is 3.94. The summed E-state index contributed by atoms with van der Waals surface area (Å²) >= 11 is 0. The zero-order valence-electron chi connectivity index (χ0n) is 16.5. The number of benzene rings is 2. The van der Waals surface area contributed by atoms with E-state index in [0.717, 1.165) is 12.8 Å². The van der Waals surface area contributed by atoms with Crippen LogP contribution in [0, 0.1) is 5.92 Å². The van der Waals surface area contributed by atoms with Gasteiger partial charge in [-0.1, -0.05) is 68.5 Å². The highest BCUT2D eigenvalue weighted by Gasteiger charge is 2.30. The molecule has 2 aliphatic rings. The first-order valence-electron chi connectivity index (χ1n) is 10.0. The fourth-order valence-electron chi connectivity index (χ4n) is 4.17. The van der Waals surface area contributed by atoms with E-state index >= 15 is 0 Å². The number of fused-ring (bicyclic) bond motifs is 1. The molecule has 142 valence electrons. The molecule has 0 aliphatic heterocycles. The van der Waals surface area contributed by atoms with Crippen LogP contribution < -0.4 is 0 Å². The molecule has 2 aromatic rings. The van der Waals surface area contributed by atoms with Crippen LogP contribution in [0.15, 0.2) is 77.4 Å². The minimum atomic E-state index is 0.0605. The number of Topliss-reactive ketones (excluding diaryl/α,β-unsaturated/α-hetero) is 1. The maximum atomic E-state index is 12.4. The van der Waals surface area contributed by atoms with Crippen LogP contribution in [0.5, 0.6) is 5.75 Å². The van der Waals surface area contributed by atoms with Crippen LogP contribution in [-0.2, 0) is 11.2 Å². The Morgan fingerprint density at radius 1 is 1.07 bits per heavy atom. The fraction of sp³-hybridized carbons (Fsp3) is 0.269. The van der Waals surface area contributed by atoms with Crippen molar-refractivity contribution in [2.24, 2.45) is 5.92 Å². The monoisotopic (exact) mass is 370 g/mol. The van der Waals surface area contributed by atoms with Crippen molar-refractivity contribution in [1.82, 2.24) is 0 Å². The van der Waals surface area contributed by atoms with Crippen molar-refractivity contribution >= 4 is 11.9 Å². The van der Waals surface area contributed by atoms with Gasteiger partial charge in [0.15, 0.2) is 0 Å². The molecule has 0 bridgehead atoms. The molecular weight excluding hydrogens is 344 g/mol. The molecule has 0 aromatic heterocycles. The van der Waals surface area contributed by atoms with Crippen LogP contribution in [0.4, 0.5) is 0 Å².